The van der Waals surface area contributed by atoms with Gasteiger partial charge in [0.15, 0.2) is 13.2 Å². The van der Waals surface area contributed by atoms with Gasteiger partial charge in [-0.05, 0) is 43.5 Å². The minimum atomic E-state index is -0.242. The van der Waals surface area contributed by atoms with Crippen molar-refractivity contribution in [1.29, 1.82) is 0 Å². The Kier molecular flexibility index (Phi) is 4.29. The second kappa shape index (κ2) is 7.22. The number of carbonyl (C=O) groups excluding carboxylic acids is 2. The number of nitrogens with zero attached hydrogens (tertiary/aromatic N) is 2. The molecule has 2 bridgehead atoms. The largest absolute Gasteiger partial charge is 0.484 e. The molecule has 2 aromatic heterocycles. The van der Waals surface area contributed by atoms with Crippen molar-refractivity contribution in [2.24, 2.45) is 0 Å². The molecule has 0 radical (unpaired) electrons. The van der Waals surface area contributed by atoms with Crippen molar-refractivity contribution in [3.63, 3.8) is 0 Å². The molecule has 0 atom stereocenters. The molecular formula is C23H22N6O4. The molecule has 0 unspecified atom stereocenters. The molecule has 0 aliphatic heterocycles. The summed E-state index contributed by atoms with van der Waals surface area (Å²) in [5, 5.41) is 21.8. The maximum Gasteiger partial charge on any atom is 0.258 e. The average molecular weight is 446 g/mol. The van der Waals surface area contributed by atoms with Crippen LogP contribution in [0.25, 0.3) is 21.8 Å². The van der Waals surface area contributed by atoms with Crippen LogP contribution in [0.1, 0.15) is 19.3 Å². The lowest BCUT2D eigenvalue weighted by Crippen LogP contribution is -2.84. The summed E-state index contributed by atoms with van der Waals surface area (Å²) in [5.74, 6) is 0.874. The smallest absolute Gasteiger partial charge is 0.258 e. The predicted octanol–water partition coefficient (Wildman–Crippen LogP) is 1.80. The predicted molar refractivity (Wildman–Crippen MR) is 119 cm³/mol. The van der Waals surface area contributed by atoms with Crippen LogP contribution >= 0.6 is 0 Å². The normalized spacial score (nSPS) is 22.9. The van der Waals surface area contributed by atoms with Gasteiger partial charge in [-0.2, -0.15) is 10.2 Å². The molecule has 2 amide bonds. The second-order valence-electron chi connectivity index (χ2n) is 9.00. The number of hydrogen-bond donors (Lipinski definition) is 4. The Morgan fingerprint density at radius 2 is 1.24 bits per heavy atom. The molecule has 4 aromatic rings. The number of nitrogens with one attached hydrogen (secondary N) is 4. The van der Waals surface area contributed by atoms with E-state index in [0.717, 1.165) is 41.1 Å². The number of aromatic nitrogens is 4. The third-order valence-corrected chi connectivity index (χ3v) is 6.41. The molecule has 4 N–H and O–H groups in total. The van der Waals surface area contributed by atoms with Crippen LogP contribution in [-0.2, 0) is 9.59 Å². The zero-order valence-corrected chi connectivity index (χ0v) is 17.7. The van der Waals surface area contributed by atoms with E-state index in [1.807, 2.05) is 36.4 Å². The molecule has 3 saturated carbocycles. The van der Waals surface area contributed by atoms with Crippen LogP contribution in [0.4, 0.5) is 0 Å². The minimum absolute atomic E-state index is 0.0602. The first-order valence-corrected chi connectivity index (χ1v) is 10.7. The summed E-state index contributed by atoms with van der Waals surface area (Å²) in [5.41, 5.74) is 1.23. The fourth-order valence-corrected chi connectivity index (χ4v) is 5.03. The first-order chi connectivity index (χ1) is 16.0. The molecule has 2 heterocycles. The summed E-state index contributed by atoms with van der Waals surface area (Å²) in [6.45, 7) is -0.120. The first kappa shape index (κ1) is 19.6. The third-order valence-electron chi connectivity index (χ3n) is 6.41. The Hall–Kier alpha value is -4.08. The van der Waals surface area contributed by atoms with E-state index in [4.69, 9.17) is 9.47 Å². The van der Waals surface area contributed by atoms with E-state index in [2.05, 4.69) is 31.0 Å². The number of hydrogen-bond acceptors (Lipinski definition) is 6. The Morgan fingerprint density at radius 3 is 1.70 bits per heavy atom. The lowest BCUT2D eigenvalue weighted by molar-refractivity contribution is -0.151. The highest BCUT2D eigenvalue weighted by Crippen LogP contribution is 2.60. The van der Waals surface area contributed by atoms with Crippen molar-refractivity contribution < 1.29 is 19.1 Å². The fourth-order valence-electron chi connectivity index (χ4n) is 5.03. The Balaban J connectivity index is 0.942. The number of aromatic amines is 2. The van der Waals surface area contributed by atoms with E-state index in [0.29, 0.717) is 11.5 Å². The van der Waals surface area contributed by atoms with Crippen molar-refractivity contribution in [2.45, 2.75) is 30.3 Å². The standard InChI is InChI=1S/C23H22N6O4/c30-20(9-32-16-3-1-14-7-24-28-18(14)5-16)26-22-11-23(12-22,13-22)27-21(31)10-33-17-4-2-15-8-25-29-19(15)6-17/h1-8H,9-13H2,(H,24,28)(H,25,29)(H,26,30)(H,27,31). The summed E-state index contributed by atoms with van der Waals surface area (Å²) in [7, 11) is 0. The van der Waals surface area contributed by atoms with Gasteiger partial charge in [0.2, 0.25) is 0 Å². The van der Waals surface area contributed by atoms with Crippen LogP contribution < -0.4 is 20.1 Å². The average Bonchev–Trinajstić information content (AvgIpc) is 3.42. The molecule has 3 fully saturated rings. The first-order valence-electron chi connectivity index (χ1n) is 10.7. The molecule has 0 saturated heterocycles. The number of fused-ring (bicyclic) bond motifs is 2. The van der Waals surface area contributed by atoms with Crippen molar-refractivity contribution in [3.8, 4) is 11.5 Å². The van der Waals surface area contributed by atoms with Crippen LogP contribution in [0.2, 0.25) is 0 Å². The second-order valence-corrected chi connectivity index (χ2v) is 9.00. The highest BCUT2D eigenvalue weighted by Gasteiger charge is 2.69. The van der Waals surface area contributed by atoms with E-state index in [1.165, 1.54) is 0 Å². The monoisotopic (exact) mass is 446 g/mol. The van der Waals surface area contributed by atoms with Crippen molar-refractivity contribution in [3.05, 3.63) is 48.8 Å². The maximum atomic E-state index is 12.4. The van der Waals surface area contributed by atoms with Crippen LogP contribution in [0.3, 0.4) is 0 Å². The number of benzene rings is 2. The molecule has 7 rings (SSSR count). The van der Waals surface area contributed by atoms with Crippen LogP contribution in [0.15, 0.2) is 48.8 Å². The highest BCUT2D eigenvalue weighted by molar-refractivity contribution is 5.83. The molecular weight excluding hydrogens is 424 g/mol. The van der Waals surface area contributed by atoms with Crippen molar-refractivity contribution >= 4 is 33.6 Å². The Labute approximate surface area is 188 Å². The summed E-state index contributed by atoms with van der Waals surface area (Å²) in [6.07, 6.45) is 5.62. The SMILES string of the molecule is O=C(COc1ccc2cn[nH]c2c1)NC12CC(NC(=O)COc3ccc4cn[nH]c4c3)(C1)C2. The minimum Gasteiger partial charge on any atom is -0.484 e. The molecule has 10 heteroatoms. The van der Waals surface area contributed by atoms with E-state index in [-0.39, 0.29) is 36.1 Å². The topological polar surface area (TPSA) is 134 Å². The van der Waals surface area contributed by atoms with Gasteiger partial charge in [0.05, 0.1) is 23.4 Å². The van der Waals surface area contributed by atoms with Crippen molar-refractivity contribution in [1.82, 2.24) is 31.0 Å². The van der Waals surface area contributed by atoms with Gasteiger partial charge in [-0.25, -0.2) is 0 Å². The van der Waals surface area contributed by atoms with Gasteiger partial charge in [0, 0.05) is 34.0 Å². The van der Waals surface area contributed by atoms with Gasteiger partial charge < -0.3 is 20.1 Å². The van der Waals surface area contributed by atoms with Crippen LogP contribution in [0.5, 0.6) is 11.5 Å². The summed E-state index contributed by atoms with van der Waals surface area (Å²) in [6, 6.07) is 11.0. The summed E-state index contributed by atoms with van der Waals surface area (Å²) in [4.78, 5) is 24.7. The lowest BCUT2D eigenvalue weighted by atomic mass is 9.44. The molecule has 168 valence electrons. The van der Waals surface area contributed by atoms with Crippen LogP contribution in [-0.4, -0.2) is 56.5 Å². The number of ether oxygens (including phenoxy) is 2. The fraction of sp³-hybridized carbons (Fsp3) is 0.304. The van der Waals surface area contributed by atoms with E-state index >= 15 is 0 Å². The van der Waals surface area contributed by atoms with Crippen molar-refractivity contribution in [2.75, 3.05) is 13.2 Å². The molecule has 0 spiro atoms. The van der Waals surface area contributed by atoms with Gasteiger partial charge in [0.1, 0.15) is 11.5 Å². The molecule has 10 nitrogen and oxygen atoms in total. The Morgan fingerprint density at radius 1 is 0.788 bits per heavy atom. The molecule has 3 aliphatic carbocycles. The van der Waals surface area contributed by atoms with E-state index < -0.39 is 0 Å². The van der Waals surface area contributed by atoms with Gasteiger partial charge >= 0.3 is 0 Å². The van der Waals surface area contributed by atoms with E-state index in [9.17, 15) is 9.59 Å². The molecule has 3 aliphatic rings. The molecule has 33 heavy (non-hydrogen) atoms. The maximum absolute atomic E-state index is 12.4. The number of H-pyrrole nitrogens is 2. The molecule has 2 aromatic carbocycles. The quantitative estimate of drug-likeness (QED) is 0.326. The van der Waals surface area contributed by atoms with Gasteiger partial charge in [-0.3, -0.25) is 19.8 Å². The van der Waals surface area contributed by atoms with Gasteiger partial charge in [0.25, 0.3) is 11.8 Å². The zero-order chi connectivity index (χ0) is 22.5. The van der Waals surface area contributed by atoms with Gasteiger partial charge in [-0.15, -0.1) is 0 Å². The van der Waals surface area contributed by atoms with E-state index in [1.54, 1.807) is 12.4 Å². The third kappa shape index (κ3) is 3.63. The summed E-state index contributed by atoms with van der Waals surface area (Å²) < 4.78 is 11.2. The number of carbonyl (C=O) groups is 2. The summed E-state index contributed by atoms with van der Waals surface area (Å²) >= 11 is 0. The zero-order valence-electron chi connectivity index (χ0n) is 17.7. The number of amides is 2. The van der Waals surface area contributed by atoms with Crippen LogP contribution in [0, 0.1) is 0 Å². The highest BCUT2D eigenvalue weighted by atomic mass is 16.5. The van der Waals surface area contributed by atoms with Gasteiger partial charge in [-0.1, -0.05) is 0 Å². The number of rotatable bonds is 8. The lowest BCUT2D eigenvalue weighted by Gasteiger charge is -2.70. The Bertz CT molecular complexity index is 1250.